The highest BCUT2D eigenvalue weighted by Gasteiger charge is 2.21. The minimum absolute atomic E-state index is 0.243. The standard InChI is InChI=1S/C12H23N5O4/c1-12(2,3)21-11(19)17(8-5-6-15-16-13)9-7-14-10(18)20-4/h5-9H2,1-4H3,(H,14,18). The zero-order valence-electron chi connectivity index (χ0n) is 13.0. The molecular weight excluding hydrogens is 278 g/mol. The van der Waals surface area contributed by atoms with E-state index < -0.39 is 17.8 Å². The Morgan fingerprint density at radius 2 is 2.00 bits per heavy atom. The molecule has 0 saturated heterocycles. The third-order valence-corrected chi connectivity index (χ3v) is 2.24. The molecule has 9 nitrogen and oxygen atoms in total. The number of methoxy groups -OCH3 is 1. The van der Waals surface area contributed by atoms with Crippen molar-refractivity contribution in [1.82, 2.24) is 10.2 Å². The van der Waals surface area contributed by atoms with Crippen LogP contribution in [0.15, 0.2) is 5.11 Å². The van der Waals surface area contributed by atoms with Crippen molar-refractivity contribution in [3.63, 3.8) is 0 Å². The minimum atomic E-state index is -0.601. The van der Waals surface area contributed by atoms with E-state index in [9.17, 15) is 9.59 Å². The molecule has 0 aromatic carbocycles. The van der Waals surface area contributed by atoms with Crippen LogP contribution in [0.3, 0.4) is 0 Å². The Morgan fingerprint density at radius 1 is 1.33 bits per heavy atom. The van der Waals surface area contributed by atoms with Crippen LogP contribution in [0.5, 0.6) is 0 Å². The number of ether oxygens (including phenoxy) is 2. The lowest BCUT2D eigenvalue weighted by molar-refractivity contribution is 0.0250. The molecule has 21 heavy (non-hydrogen) atoms. The molecule has 1 N–H and O–H groups in total. The van der Waals surface area contributed by atoms with Gasteiger partial charge in [-0.25, -0.2) is 9.59 Å². The molecule has 0 bridgehead atoms. The largest absolute Gasteiger partial charge is 0.453 e. The molecule has 0 spiro atoms. The fraction of sp³-hybridized carbons (Fsp3) is 0.833. The van der Waals surface area contributed by atoms with Gasteiger partial charge in [0.1, 0.15) is 5.60 Å². The van der Waals surface area contributed by atoms with Crippen molar-refractivity contribution in [3.8, 4) is 0 Å². The van der Waals surface area contributed by atoms with Gasteiger partial charge in [-0.05, 0) is 32.7 Å². The maximum atomic E-state index is 12.0. The number of nitrogens with zero attached hydrogens (tertiary/aromatic N) is 4. The topological polar surface area (TPSA) is 117 Å². The first-order chi connectivity index (χ1) is 9.80. The van der Waals surface area contributed by atoms with E-state index >= 15 is 0 Å². The predicted molar refractivity (Wildman–Crippen MR) is 76.8 cm³/mol. The molecule has 0 saturated carbocycles. The quantitative estimate of drug-likeness (QED) is 0.336. The number of carbonyl (C=O) groups excluding carboxylic acids is 2. The second-order valence-corrected chi connectivity index (χ2v) is 5.19. The lowest BCUT2D eigenvalue weighted by Gasteiger charge is -2.27. The first-order valence-electron chi connectivity index (χ1n) is 6.60. The van der Waals surface area contributed by atoms with Crippen LogP contribution < -0.4 is 5.32 Å². The van der Waals surface area contributed by atoms with Crippen molar-refractivity contribution in [2.45, 2.75) is 32.8 Å². The monoisotopic (exact) mass is 301 g/mol. The summed E-state index contributed by atoms with van der Waals surface area (Å²) in [5.41, 5.74) is 7.61. The van der Waals surface area contributed by atoms with E-state index in [0.717, 1.165) is 0 Å². The van der Waals surface area contributed by atoms with Crippen molar-refractivity contribution in [1.29, 1.82) is 0 Å². The number of amides is 2. The Bertz CT molecular complexity index is 388. The van der Waals surface area contributed by atoms with E-state index in [1.54, 1.807) is 20.8 Å². The molecule has 0 rings (SSSR count). The Balaban J connectivity index is 4.41. The van der Waals surface area contributed by atoms with E-state index in [1.807, 2.05) is 0 Å². The Hall–Kier alpha value is -2.15. The fourth-order valence-corrected chi connectivity index (χ4v) is 1.36. The number of carbonyl (C=O) groups is 2. The second-order valence-electron chi connectivity index (χ2n) is 5.19. The molecule has 120 valence electrons. The average Bonchev–Trinajstić information content (AvgIpc) is 2.39. The minimum Gasteiger partial charge on any atom is -0.453 e. The van der Waals surface area contributed by atoms with E-state index in [1.165, 1.54) is 12.0 Å². The molecule has 0 heterocycles. The molecule has 0 aliphatic rings. The normalized spacial score (nSPS) is 10.3. The summed E-state index contributed by atoms with van der Waals surface area (Å²) >= 11 is 0. The van der Waals surface area contributed by atoms with Gasteiger partial charge in [0.05, 0.1) is 7.11 Å². The molecule has 0 aliphatic carbocycles. The lowest BCUT2D eigenvalue weighted by Crippen LogP contribution is -2.42. The van der Waals surface area contributed by atoms with Crippen LogP contribution in [-0.4, -0.2) is 56.0 Å². The van der Waals surface area contributed by atoms with E-state index in [2.05, 4.69) is 20.1 Å². The third kappa shape index (κ3) is 10.3. The molecule has 0 radical (unpaired) electrons. The zero-order valence-corrected chi connectivity index (χ0v) is 13.0. The summed E-state index contributed by atoms with van der Waals surface area (Å²) in [6.45, 7) is 6.51. The van der Waals surface area contributed by atoms with E-state index in [0.29, 0.717) is 19.5 Å². The van der Waals surface area contributed by atoms with Gasteiger partial charge in [-0.3, -0.25) is 0 Å². The van der Waals surface area contributed by atoms with Gasteiger partial charge >= 0.3 is 12.2 Å². The summed E-state index contributed by atoms with van der Waals surface area (Å²) < 4.78 is 9.73. The molecule has 0 aliphatic heterocycles. The van der Waals surface area contributed by atoms with Gasteiger partial charge < -0.3 is 19.7 Å². The van der Waals surface area contributed by atoms with Crippen LogP contribution in [0.1, 0.15) is 27.2 Å². The summed E-state index contributed by atoms with van der Waals surface area (Å²) in [7, 11) is 1.26. The SMILES string of the molecule is COC(=O)NCCN(CCCN=[N+]=[N-])C(=O)OC(C)(C)C. The van der Waals surface area contributed by atoms with Crippen LogP contribution in [0.4, 0.5) is 9.59 Å². The number of rotatable bonds is 7. The number of azide groups is 1. The predicted octanol–water partition coefficient (Wildman–Crippen LogP) is 2.28. The Kier molecular flexibility index (Phi) is 8.71. The molecule has 0 unspecified atom stereocenters. The number of hydrogen-bond acceptors (Lipinski definition) is 5. The molecule has 0 fully saturated rings. The van der Waals surface area contributed by atoms with Gasteiger partial charge in [-0.15, -0.1) is 0 Å². The summed E-state index contributed by atoms with van der Waals surface area (Å²) in [6.07, 6.45) is -0.523. The maximum Gasteiger partial charge on any atom is 0.410 e. The zero-order chi connectivity index (χ0) is 16.3. The van der Waals surface area contributed by atoms with Crippen molar-refractivity contribution >= 4 is 12.2 Å². The third-order valence-electron chi connectivity index (χ3n) is 2.24. The van der Waals surface area contributed by atoms with Crippen molar-refractivity contribution in [2.24, 2.45) is 5.11 Å². The van der Waals surface area contributed by atoms with Gasteiger partial charge in [-0.1, -0.05) is 5.11 Å². The molecule has 9 heteroatoms. The molecule has 0 aromatic rings. The van der Waals surface area contributed by atoms with Crippen LogP contribution in [0, 0.1) is 0 Å². The van der Waals surface area contributed by atoms with Gasteiger partial charge in [-0.2, -0.15) is 0 Å². The van der Waals surface area contributed by atoms with Crippen LogP contribution in [0.25, 0.3) is 10.4 Å². The number of nitrogens with one attached hydrogen (secondary N) is 1. The van der Waals surface area contributed by atoms with Crippen LogP contribution in [-0.2, 0) is 9.47 Å². The van der Waals surface area contributed by atoms with Gasteiger partial charge in [0.25, 0.3) is 0 Å². The first-order valence-corrected chi connectivity index (χ1v) is 6.60. The Morgan fingerprint density at radius 3 is 2.52 bits per heavy atom. The lowest BCUT2D eigenvalue weighted by atomic mass is 10.2. The van der Waals surface area contributed by atoms with E-state index in [4.69, 9.17) is 10.3 Å². The summed E-state index contributed by atoms with van der Waals surface area (Å²) in [5, 5.41) is 5.90. The van der Waals surface area contributed by atoms with Crippen LogP contribution >= 0.6 is 0 Å². The van der Waals surface area contributed by atoms with E-state index in [-0.39, 0.29) is 13.1 Å². The van der Waals surface area contributed by atoms with Crippen LogP contribution in [0.2, 0.25) is 0 Å². The molecule has 2 amide bonds. The maximum absolute atomic E-state index is 12.0. The highest BCUT2D eigenvalue weighted by Crippen LogP contribution is 2.10. The first kappa shape index (κ1) is 18.9. The summed E-state index contributed by atoms with van der Waals surface area (Å²) in [5.74, 6) is 0. The number of hydrogen-bond donors (Lipinski definition) is 1. The Labute approximate surface area is 124 Å². The molecule has 0 atom stereocenters. The average molecular weight is 301 g/mol. The fourth-order valence-electron chi connectivity index (χ4n) is 1.36. The van der Waals surface area contributed by atoms with Gasteiger partial charge in [0, 0.05) is 31.1 Å². The van der Waals surface area contributed by atoms with Crippen molar-refractivity contribution in [2.75, 3.05) is 33.3 Å². The highest BCUT2D eigenvalue weighted by atomic mass is 16.6. The summed E-state index contributed by atoms with van der Waals surface area (Å²) in [6, 6.07) is 0. The molecule has 0 aromatic heterocycles. The van der Waals surface area contributed by atoms with Crippen molar-refractivity contribution in [3.05, 3.63) is 10.4 Å². The second kappa shape index (κ2) is 9.71. The van der Waals surface area contributed by atoms with Crippen molar-refractivity contribution < 1.29 is 19.1 Å². The smallest absolute Gasteiger partial charge is 0.410 e. The van der Waals surface area contributed by atoms with Gasteiger partial charge in [0.2, 0.25) is 0 Å². The highest BCUT2D eigenvalue weighted by molar-refractivity contribution is 5.69. The van der Waals surface area contributed by atoms with Gasteiger partial charge in [0.15, 0.2) is 0 Å². The summed E-state index contributed by atoms with van der Waals surface area (Å²) in [4.78, 5) is 27.1. The molecular formula is C12H23N5O4. The number of alkyl carbamates (subject to hydrolysis) is 1.